The van der Waals surface area contributed by atoms with Crippen molar-refractivity contribution in [2.45, 2.75) is 32.6 Å². The Morgan fingerprint density at radius 1 is 1.12 bits per heavy atom. The molecule has 0 bridgehead atoms. The van der Waals surface area contributed by atoms with Gasteiger partial charge in [0.25, 0.3) is 11.8 Å². The molecular weight excluding hydrogens is 219 g/mol. The second-order valence-electron chi connectivity index (χ2n) is 3.46. The van der Waals surface area contributed by atoms with Gasteiger partial charge in [-0.1, -0.05) is 26.2 Å². The zero-order valence-electron chi connectivity index (χ0n) is 9.10. The highest BCUT2D eigenvalue weighted by atomic mass is 19.2. The SMILES string of the molecule is CCCCCCOc1nc(F)c(F)cc1F. The van der Waals surface area contributed by atoms with Gasteiger partial charge in [-0.05, 0) is 6.42 Å². The van der Waals surface area contributed by atoms with Crippen LogP contribution in [0.4, 0.5) is 13.2 Å². The molecule has 0 aliphatic heterocycles. The highest BCUT2D eigenvalue weighted by molar-refractivity contribution is 5.14. The van der Waals surface area contributed by atoms with Crippen LogP contribution < -0.4 is 4.74 Å². The maximum absolute atomic E-state index is 13.0. The number of halogens is 3. The maximum atomic E-state index is 13.0. The Hall–Kier alpha value is -1.26. The van der Waals surface area contributed by atoms with Crippen LogP contribution in [0.5, 0.6) is 5.88 Å². The lowest BCUT2D eigenvalue weighted by atomic mass is 10.2. The van der Waals surface area contributed by atoms with Crippen LogP contribution in [0, 0.1) is 17.6 Å². The summed E-state index contributed by atoms with van der Waals surface area (Å²) in [4.78, 5) is 3.05. The first-order valence-corrected chi connectivity index (χ1v) is 5.29. The van der Waals surface area contributed by atoms with Gasteiger partial charge in [0.05, 0.1) is 6.61 Å². The highest BCUT2D eigenvalue weighted by Crippen LogP contribution is 2.16. The zero-order valence-corrected chi connectivity index (χ0v) is 9.10. The second kappa shape index (κ2) is 6.35. The standard InChI is InChI=1S/C11H14F3NO/c1-2-3-4-5-6-16-11-9(13)7-8(12)10(14)15-11/h7H,2-6H2,1H3. The van der Waals surface area contributed by atoms with E-state index in [2.05, 4.69) is 11.9 Å². The highest BCUT2D eigenvalue weighted by Gasteiger charge is 2.12. The molecule has 0 radical (unpaired) electrons. The molecule has 90 valence electrons. The summed E-state index contributed by atoms with van der Waals surface area (Å²) < 4.78 is 43.1. The minimum absolute atomic E-state index is 0.259. The van der Waals surface area contributed by atoms with Crippen LogP contribution in [0.15, 0.2) is 6.07 Å². The molecule has 16 heavy (non-hydrogen) atoms. The van der Waals surface area contributed by atoms with E-state index in [1.165, 1.54) is 0 Å². The molecule has 1 aromatic heterocycles. The van der Waals surface area contributed by atoms with Crippen molar-refractivity contribution in [3.05, 3.63) is 23.6 Å². The number of aromatic nitrogens is 1. The van der Waals surface area contributed by atoms with E-state index in [9.17, 15) is 13.2 Å². The molecule has 0 unspecified atom stereocenters. The predicted octanol–water partition coefficient (Wildman–Crippen LogP) is 3.46. The van der Waals surface area contributed by atoms with Gasteiger partial charge in [0.1, 0.15) is 0 Å². The van der Waals surface area contributed by atoms with Crippen LogP contribution in [0.25, 0.3) is 0 Å². The average Bonchev–Trinajstić information content (AvgIpc) is 2.25. The van der Waals surface area contributed by atoms with E-state index in [0.717, 1.165) is 25.7 Å². The second-order valence-corrected chi connectivity index (χ2v) is 3.46. The molecule has 1 aromatic rings. The van der Waals surface area contributed by atoms with Crippen LogP contribution in [-0.2, 0) is 0 Å². The minimum Gasteiger partial charge on any atom is -0.476 e. The minimum atomic E-state index is -1.34. The Balaban J connectivity index is 2.45. The molecule has 0 N–H and O–H groups in total. The van der Waals surface area contributed by atoms with Gasteiger partial charge < -0.3 is 4.74 Å². The Morgan fingerprint density at radius 3 is 2.56 bits per heavy atom. The van der Waals surface area contributed by atoms with Crippen LogP contribution >= 0.6 is 0 Å². The number of pyridine rings is 1. The van der Waals surface area contributed by atoms with Gasteiger partial charge in [-0.3, -0.25) is 0 Å². The van der Waals surface area contributed by atoms with E-state index in [-0.39, 0.29) is 6.61 Å². The van der Waals surface area contributed by atoms with E-state index in [1.54, 1.807) is 0 Å². The number of rotatable bonds is 6. The van der Waals surface area contributed by atoms with Gasteiger partial charge in [-0.15, -0.1) is 0 Å². The fourth-order valence-corrected chi connectivity index (χ4v) is 1.23. The van der Waals surface area contributed by atoms with E-state index >= 15 is 0 Å². The van der Waals surface area contributed by atoms with Crippen molar-refractivity contribution in [1.82, 2.24) is 4.98 Å². The van der Waals surface area contributed by atoms with Crippen LogP contribution in [-0.4, -0.2) is 11.6 Å². The number of hydrogen-bond donors (Lipinski definition) is 0. The van der Waals surface area contributed by atoms with Gasteiger partial charge >= 0.3 is 0 Å². The zero-order chi connectivity index (χ0) is 12.0. The Labute approximate surface area is 92.5 Å². The molecule has 1 rings (SSSR count). The van der Waals surface area contributed by atoms with Crippen molar-refractivity contribution < 1.29 is 17.9 Å². The van der Waals surface area contributed by atoms with E-state index < -0.39 is 23.5 Å². The van der Waals surface area contributed by atoms with Gasteiger partial charge in [0.2, 0.25) is 0 Å². The van der Waals surface area contributed by atoms with Crippen molar-refractivity contribution in [3.8, 4) is 5.88 Å². The van der Waals surface area contributed by atoms with E-state index in [1.807, 2.05) is 0 Å². The van der Waals surface area contributed by atoms with Gasteiger partial charge in [-0.25, -0.2) is 8.78 Å². The third-order valence-electron chi connectivity index (χ3n) is 2.09. The van der Waals surface area contributed by atoms with Crippen LogP contribution in [0.1, 0.15) is 32.6 Å². The number of unbranched alkanes of at least 4 members (excludes halogenated alkanes) is 3. The normalized spacial score (nSPS) is 10.5. The first-order chi connectivity index (χ1) is 7.65. The molecule has 1 heterocycles. The van der Waals surface area contributed by atoms with E-state index in [0.29, 0.717) is 6.07 Å². The topological polar surface area (TPSA) is 22.1 Å². The third kappa shape index (κ3) is 3.72. The largest absolute Gasteiger partial charge is 0.476 e. The first kappa shape index (κ1) is 12.8. The molecule has 0 aromatic carbocycles. The van der Waals surface area contributed by atoms with Gasteiger partial charge in [0.15, 0.2) is 11.6 Å². The van der Waals surface area contributed by atoms with Gasteiger partial charge in [-0.2, -0.15) is 9.37 Å². The predicted molar refractivity (Wildman–Crippen MR) is 53.7 cm³/mol. The molecule has 0 spiro atoms. The summed E-state index contributed by atoms with van der Waals surface area (Å²) in [5, 5.41) is 0. The summed E-state index contributed by atoms with van der Waals surface area (Å²) in [5.41, 5.74) is 0. The van der Waals surface area contributed by atoms with Gasteiger partial charge in [0, 0.05) is 6.07 Å². The van der Waals surface area contributed by atoms with Crippen molar-refractivity contribution in [1.29, 1.82) is 0 Å². The lowest BCUT2D eigenvalue weighted by Gasteiger charge is -2.06. The average molecular weight is 233 g/mol. The molecule has 0 amide bonds. The summed E-state index contributed by atoms with van der Waals surface area (Å²) in [5.74, 6) is -4.11. The Morgan fingerprint density at radius 2 is 1.88 bits per heavy atom. The van der Waals surface area contributed by atoms with Crippen molar-refractivity contribution in [2.24, 2.45) is 0 Å². The van der Waals surface area contributed by atoms with Crippen LogP contribution in [0.3, 0.4) is 0 Å². The summed E-state index contributed by atoms with van der Waals surface area (Å²) in [6, 6.07) is 0.434. The van der Waals surface area contributed by atoms with E-state index in [4.69, 9.17) is 4.74 Å². The Kier molecular flexibility index (Phi) is 5.08. The van der Waals surface area contributed by atoms with Crippen molar-refractivity contribution >= 4 is 0 Å². The number of ether oxygens (including phenoxy) is 1. The lowest BCUT2D eigenvalue weighted by Crippen LogP contribution is -2.04. The quantitative estimate of drug-likeness (QED) is 0.554. The summed E-state index contributed by atoms with van der Waals surface area (Å²) in [6.07, 6.45) is 3.85. The molecule has 2 nitrogen and oxygen atoms in total. The molecule has 0 saturated carbocycles. The molecule has 0 fully saturated rings. The van der Waals surface area contributed by atoms with Crippen molar-refractivity contribution in [2.75, 3.05) is 6.61 Å². The molecule has 0 saturated heterocycles. The molecule has 5 heteroatoms. The molecule has 0 aliphatic rings. The monoisotopic (exact) mass is 233 g/mol. The lowest BCUT2D eigenvalue weighted by molar-refractivity contribution is 0.270. The Bertz CT molecular complexity index is 344. The first-order valence-electron chi connectivity index (χ1n) is 5.29. The molecule has 0 aliphatic carbocycles. The third-order valence-corrected chi connectivity index (χ3v) is 2.09. The number of nitrogens with zero attached hydrogens (tertiary/aromatic N) is 1. The summed E-state index contributed by atoms with van der Waals surface area (Å²) in [6.45, 7) is 2.33. The smallest absolute Gasteiger partial charge is 0.253 e. The molecule has 0 atom stereocenters. The van der Waals surface area contributed by atoms with Crippen molar-refractivity contribution in [3.63, 3.8) is 0 Å². The summed E-state index contributed by atoms with van der Waals surface area (Å²) in [7, 11) is 0. The maximum Gasteiger partial charge on any atom is 0.253 e. The van der Waals surface area contributed by atoms with Crippen LogP contribution in [0.2, 0.25) is 0 Å². The fourth-order valence-electron chi connectivity index (χ4n) is 1.23. The summed E-state index contributed by atoms with van der Waals surface area (Å²) >= 11 is 0. The fraction of sp³-hybridized carbons (Fsp3) is 0.545. The number of hydrogen-bond acceptors (Lipinski definition) is 2. The molecular formula is C11H14F3NO.